The van der Waals surface area contributed by atoms with Crippen molar-refractivity contribution >= 4 is 11.8 Å². The molecular weight excluding hydrogens is 200 g/mol. The van der Waals surface area contributed by atoms with E-state index in [0.717, 1.165) is 0 Å². The van der Waals surface area contributed by atoms with Crippen molar-refractivity contribution in [3.8, 4) is 0 Å². The lowest BCUT2D eigenvalue weighted by molar-refractivity contribution is 0.637. The van der Waals surface area contributed by atoms with Gasteiger partial charge in [-0.15, -0.1) is 11.8 Å². The van der Waals surface area contributed by atoms with Crippen molar-refractivity contribution < 1.29 is 0 Å². The fourth-order valence-electron chi connectivity index (χ4n) is 2.04. The van der Waals surface area contributed by atoms with Gasteiger partial charge in [-0.05, 0) is 24.2 Å². The third-order valence-corrected chi connectivity index (χ3v) is 4.20. The first-order valence-electron chi connectivity index (χ1n) is 6.01. The Balaban J connectivity index is 1.99. The molecule has 81 valence electrons. The Morgan fingerprint density at radius 1 is 0.800 bits per heavy atom. The molecule has 0 atom stereocenters. The summed E-state index contributed by atoms with van der Waals surface area (Å²) < 4.78 is 0. The van der Waals surface area contributed by atoms with Gasteiger partial charge < -0.3 is 0 Å². The summed E-state index contributed by atoms with van der Waals surface area (Å²) in [5.41, 5.74) is 1.45. The molecule has 15 heavy (non-hydrogen) atoms. The Labute approximate surface area is 97.5 Å². The topological polar surface area (TPSA) is 0 Å². The lowest BCUT2D eigenvalue weighted by Crippen LogP contribution is -1.95. The SMILES string of the molecule is c1ccc([C]2CCCCCCCS2)cc1. The summed E-state index contributed by atoms with van der Waals surface area (Å²) in [7, 11) is 0. The Morgan fingerprint density at radius 3 is 2.40 bits per heavy atom. The third kappa shape index (κ3) is 3.57. The molecule has 2 rings (SSSR count). The Bertz CT molecular complexity index is 258. The molecule has 0 nitrogen and oxygen atoms in total. The first-order valence-corrected chi connectivity index (χ1v) is 6.99. The van der Waals surface area contributed by atoms with Crippen LogP contribution in [-0.2, 0) is 0 Å². The summed E-state index contributed by atoms with van der Waals surface area (Å²) in [6, 6.07) is 10.9. The normalized spacial score (nSPS) is 20.3. The standard InChI is InChI=1S/C14H19S/c1-2-7-11-14(15-12-8-3-1)13-9-5-4-6-10-13/h4-6,9-10H,1-3,7-8,11-12H2. The molecule has 0 aliphatic carbocycles. The van der Waals surface area contributed by atoms with E-state index in [9.17, 15) is 0 Å². The molecule has 1 heterocycles. The van der Waals surface area contributed by atoms with E-state index in [0.29, 0.717) is 0 Å². The highest BCUT2D eigenvalue weighted by Crippen LogP contribution is 2.34. The van der Waals surface area contributed by atoms with Gasteiger partial charge in [-0.2, -0.15) is 0 Å². The fraction of sp³-hybridized carbons (Fsp3) is 0.500. The van der Waals surface area contributed by atoms with Crippen molar-refractivity contribution in [1.82, 2.24) is 0 Å². The van der Waals surface area contributed by atoms with Crippen LogP contribution in [0.1, 0.15) is 44.1 Å². The predicted octanol–water partition coefficient (Wildman–Crippen LogP) is 4.65. The molecule has 1 heteroatoms. The van der Waals surface area contributed by atoms with Crippen molar-refractivity contribution in [2.24, 2.45) is 0 Å². The van der Waals surface area contributed by atoms with Gasteiger partial charge in [-0.25, -0.2) is 0 Å². The third-order valence-electron chi connectivity index (χ3n) is 2.92. The lowest BCUT2D eigenvalue weighted by Gasteiger charge is -2.14. The summed E-state index contributed by atoms with van der Waals surface area (Å²) in [6.45, 7) is 0. The smallest absolute Gasteiger partial charge is 0.0595 e. The lowest BCUT2D eigenvalue weighted by atomic mass is 10.0. The van der Waals surface area contributed by atoms with Crippen molar-refractivity contribution in [1.29, 1.82) is 0 Å². The monoisotopic (exact) mass is 219 g/mol. The summed E-state index contributed by atoms with van der Waals surface area (Å²) in [6.07, 6.45) is 8.32. The fourth-order valence-corrected chi connectivity index (χ4v) is 3.22. The molecule has 0 bridgehead atoms. The van der Waals surface area contributed by atoms with Crippen LogP contribution in [0.25, 0.3) is 0 Å². The molecule has 1 aliphatic rings. The second-order valence-corrected chi connectivity index (χ2v) is 5.35. The van der Waals surface area contributed by atoms with Gasteiger partial charge in [0.25, 0.3) is 0 Å². The van der Waals surface area contributed by atoms with Crippen LogP contribution in [0.3, 0.4) is 0 Å². The average Bonchev–Trinajstić information content (AvgIpc) is 2.43. The molecule has 1 fully saturated rings. The number of rotatable bonds is 1. The molecule has 0 saturated carbocycles. The van der Waals surface area contributed by atoms with Crippen LogP contribution in [0, 0.1) is 5.25 Å². The van der Waals surface area contributed by atoms with Crippen LogP contribution >= 0.6 is 11.8 Å². The van der Waals surface area contributed by atoms with Crippen LogP contribution in [0.4, 0.5) is 0 Å². The van der Waals surface area contributed by atoms with Gasteiger partial charge >= 0.3 is 0 Å². The minimum absolute atomic E-state index is 1.29. The molecule has 1 saturated heterocycles. The Hall–Kier alpha value is -0.430. The molecule has 0 spiro atoms. The van der Waals surface area contributed by atoms with Gasteiger partial charge in [0.1, 0.15) is 0 Å². The van der Waals surface area contributed by atoms with Crippen LogP contribution < -0.4 is 0 Å². The van der Waals surface area contributed by atoms with Crippen LogP contribution in [-0.4, -0.2) is 5.75 Å². The van der Waals surface area contributed by atoms with Crippen molar-refractivity contribution in [2.75, 3.05) is 5.75 Å². The zero-order valence-electron chi connectivity index (χ0n) is 9.24. The van der Waals surface area contributed by atoms with Gasteiger partial charge in [-0.3, -0.25) is 0 Å². The highest BCUT2D eigenvalue weighted by molar-refractivity contribution is 8.02. The van der Waals surface area contributed by atoms with Crippen molar-refractivity contribution in [3.63, 3.8) is 0 Å². The second kappa shape index (κ2) is 6.22. The minimum atomic E-state index is 1.29. The van der Waals surface area contributed by atoms with E-state index in [4.69, 9.17) is 0 Å². The van der Waals surface area contributed by atoms with Gasteiger partial charge in [0.15, 0.2) is 0 Å². The van der Waals surface area contributed by atoms with Crippen molar-refractivity contribution in [2.45, 2.75) is 38.5 Å². The Morgan fingerprint density at radius 2 is 1.53 bits per heavy atom. The predicted molar refractivity (Wildman–Crippen MR) is 68.9 cm³/mol. The first kappa shape index (κ1) is 11.1. The molecular formula is C14H19S. The molecule has 0 aromatic heterocycles. The van der Waals surface area contributed by atoms with Crippen LogP contribution in [0.2, 0.25) is 0 Å². The van der Waals surface area contributed by atoms with Gasteiger partial charge in [-0.1, -0.05) is 56.0 Å². The molecule has 1 radical (unpaired) electrons. The zero-order valence-corrected chi connectivity index (χ0v) is 10.1. The molecule has 0 unspecified atom stereocenters. The summed E-state index contributed by atoms with van der Waals surface area (Å²) in [5, 5.41) is 1.61. The maximum absolute atomic E-state index is 2.25. The maximum atomic E-state index is 2.25. The van der Waals surface area contributed by atoms with E-state index in [1.165, 1.54) is 49.8 Å². The second-order valence-electron chi connectivity index (χ2n) is 4.16. The quantitative estimate of drug-likeness (QED) is 0.662. The average molecular weight is 219 g/mol. The number of thioether (sulfide) groups is 1. The highest BCUT2D eigenvalue weighted by atomic mass is 32.2. The molecule has 1 aliphatic heterocycles. The number of hydrogen-bond donors (Lipinski definition) is 0. The van der Waals surface area contributed by atoms with E-state index in [2.05, 4.69) is 42.1 Å². The van der Waals surface area contributed by atoms with Crippen molar-refractivity contribution in [3.05, 3.63) is 41.1 Å². The largest absolute Gasteiger partial charge is 0.149 e. The van der Waals surface area contributed by atoms with E-state index in [1.807, 2.05) is 0 Å². The molecule has 0 amide bonds. The summed E-state index contributed by atoms with van der Waals surface area (Å²) >= 11 is 2.08. The summed E-state index contributed by atoms with van der Waals surface area (Å²) in [4.78, 5) is 0. The molecule has 1 aromatic rings. The van der Waals surface area contributed by atoms with Gasteiger partial charge in [0, 0.05) is 0 Å². The zero-order chi connectivity index (χ0) is 10.3. The van der Waals surface area contributed by atoms with E-state index in [-0.39, 0.29) is 0 Å². The number of benzene rings is 1. The van der Waals surface area contributed by atoms with E-state index in [1.54, 1.807) is 5.25 Å². The van der Waals surface area contributed by atoms with E-state index < -0.39 is 0 Å². The highest BCUT2D eigenvalue weighted by Gasteiger charge is 2.13. The van der Waals surface area contributed by atoms with Gasteiger partial charge in [0.05, 0.1) is 5.25 Å². The van der Waals surface area contributed by atoms with Crippen LogP contribution in [0.15, 0.2) is 30.3 Å². The van der Waals surface area contributed by atoms with Gasteiger partial charge in [0.2, 0.25) is 0 Å². The first-order chi connectivity index (χ1) is 7.47. The molecule has 0 N–H and O–H groups in total. The van der Waals surface area contributed by atoms with E-state index >= 15 is 0 Å². The molecule has 1 aromatic carbocycles. The Kier molecular flexibility index (Phi) is 4.59. The minimum Gasteiger partial charge on any atom is -0.149 e. The maximum Gasteiger partial charge on any atom is 0.0595 e. The number of hydrogen-bond acceptors (Lipinski definition) is 1. The summed E-state index contributed by atoms with van der Waals surface area (Å²) in [5.74, 6) is 1.31. The van der Waals surface area contributed by atoms with Crippen LogP contribution in [0.5, 0.6) is 0 Å².